The predicted octanol–water partition coefficient (Wildman–Crippen LogP) is -1.82. The Kier molecular flexibility index (Phi) is 4.24. The third kappa shape index (κ3) is 3.21. The van der Waals surface area contributed by atoms with Crippen LogP contribution in [0.25, 0.3) is 0 Å². The SMILES string of the molecule is C[Si]1(C)OC[C@H](O)[C@H]([C@H](O)[C@H](O)CO)O1. The second kappa shape index (κ2) is 4.87. The molecule has 0 amide bonds. The second-order valence-corrected chi connectivity index (χ2v) is 7.43. The summed E-state index contributed by atoms with van der Waals surface area (Å²) >= 11 is 0. The van der Waals surface area contributed by atoms with Gasteiger partial charge in [-0.2, -0.15) is 0 Å². The van der Waals surface area contributed by atoms with Gasteiger partial charge in [0, 0.05) is 0 Å². The molecule has 90 valence electrons. The fourth-order valence-electron chi connectivity index (χ4n) is 1.45. The summed E-state index contributed by atoms with van der Waals surface area (Å²) in [5.41, 5.74) is 0. The first-order valence-electron chi connectivity index (χ1n) is 4.84. The molecular formula is C8H18O6Si. The first kappa shape index (κ1) is 13.0. The lowest BCUT2D eigenvalue weighted by atomic mass is 10.0. The zero-order chi connectivity index (χ0) is 11.6. The topological polar surface area (TPSA) is 99.4 Å². The van der Waals surface area contributed by atoms with Crippen LogP contribution in [0.5, 0.6) is 0 Å². The summed E-state index contributed by atoms with van der Waals surface area (Å²) in [5.74, 6) is 0. The number of hydrogen-bond acceptors (Lipinski definition) is 6. The molecular weight excluding hydrogens is 220 g/mol. The largest absolute Gasteiger partial charge is 0.394 e. The zero-order valence-corrected chi connectivity index (χ0v) is 9.83. The van der Waals surface area contributed by atoms with E-state index in [0.717, 1.165) is 0 Å². The fourth-order valence-corrected chi connectivity index (χ4v) is 3.04. The standard InChI is InChI=1S/C8H18O6Si/c1-15(2)13-4-6(11)8(14-15)7(12)5(10)3-9/h5-12H,3-4H2,1-2H3/t5-,6+,7-,8-/m1/s1. The van der Waals surface area contributed by atoms with Crippen molar-refractivity contribution in [2.75, 3.05) is 13.2 Å². The summed E-state index contributed by atoms with van der Waals surface area (Å²) in [6.45, 7) is 3.07. The van der Waals surface area contributed by atoms with Crippen LogP contribution in [0.2, 0.25) is 13.1 Å². The van der Waals surface area contributed by atoms with Gasteiger partial charge in [0.2, 0.25) is 0 Å². The zero-order valence-electron chi connectivity index (χ0n) is 8.83. The fraction of sp³-hybridized carbons (Fsp3) is 1.00. The van der Waals surface area contributed by atoms with Gasteiger partial charge in [-0.3, -0.25) is 0 Å². The Labute approximate surface area is 89.3 Å². The molecule has 0 saturated carbocycles. The number of aliphatic hydroxyl groups is 4. The highest BCUT2D eigenvalue weighted by Crippen LogP contribution is 2.22. The number of aliphatic hydroxyl groups excluding tert-OH is 4. The van der Waals surface area contributed by atoms with Gasteiger partial charge in [0.25, 0.3) is 0 Å². The molecule has 4 N–H and O–H groups in total. The minimum Gasteiger partial charge on any atom is -0.394 e. The third-order valence-corrected chi connectivity index (χ3v) is 4.02. The molecule has 1 rings (SSSR count). The molecule has 0 bridgehead atoms. The van der Waals surface area contributed by atoms with Crippen molar-refractivity contribution in [3.8, 4) is 0 Å². The van der Waals surface area contributed by atoms with E-state index in [1.54, 1.807) is 13.1 Å². The van der Waals surface area contributed by atoms with Gasteiger partial charge in [0.1, 0.15) is 24.4 Å². The Hall–Kier alpha value is -0.0231. The Morgan fingerprint density at radius 1 is 1.40 bits per heavy atom. The minimum absolute atomic E-state index is 0.0824. The van der Waals surface area contributed by atoms with E-state index in [-0.39, 0.29) is 6.61 Å². The highest BCUT2D eigenvalue weighted by Gasteiger charge is 2.43. The van der Waals surface area contributed by atoms with Crippen LogP contribution in [-0.2, 0) is 8.85 Å². The summed E-state index contributed by atoms with van der Waals surface area (Å²) in [7, 11) is -2.33. The van der Waals surface area contributed by atoms with Crippen LogP contribution < -0.4 is 0 Å². The number of rotatable bonds is 3. The number of hydrogen-bond donors (Lipinski definition) is 4. The second-order valence-electron chi connectivity index (χ2n) is 4.10. The van der Waals surface area contributed by atoms with Gasteiger partial charge in [-0.25, -0.2) is 0 Å². The van der Waals surface area contributed by atoms with Crippen molar-refractivity contribution in [2.45, 2.75) is 37.5 Å². The van der Waals surface area contributed by atoms with E-state index in [0.29, 0.717) is 0 Å². The summed E-state index contributed by atoms with van der Waals surface area (Å²) in [4.78, 5) is 0. The van der Waals surface area contributed by atoms with E-state index >= 15 is 0 Å². The summed E-state index contributed by atoms with van der Waals surface area (Å²) in [6.07, 6.45) is -4.50. The van der Waals surface area contributed by atoms with Crippen LogP contribution in [0.4, 0.5) is 0 Å². The quantitative estimate of drug-likeness (QED) is 0.432. The normalized spacial score (nSPS) is 34.8. The molecule has 0 aliphatic carbocycles. The molecule has 1 heterocycles. The van der Waals surface area contributed by atoms with Crippen molar-refractivity contribution >= 4 is 8.56 Å². The first-order chi connectivity index (χ1) is 6.87. The lowest BCUT2D eigenvalue weighted by Crippen LogP contribution is -2.58. The molecule has 0 unspecified atom stereocenters. The minimum atomic E-state index is -2.33. The van der Waals surface area contributed by atoms with Crippen molar-refractivity contribution in [1.29, 1.82) is 0 Å². The van der Waals surface area contributed by atoms with Crippen molar-refractivity contribution in [3.05, 3.63) is 0 Å². The monoisotopic (exact) mass is 238 g/mol. The molecule has 1 fully saturated rings. The van der Waals surface area contributed by atoms with Gasteiger partial charge >= 0.3 is 8.56 Å². The molecule has 4 atom stereocenters. The average molecular weight is 238 g/mol. The third-order valence-electron chi connectivity index (χ3n) is 2.32. The molecule has 1 aliphatic heterocycles. The summed E-state index contributed by atoms with van der Waals surface area (Å²) in [5, 5.41) is 37.1. The Morgan fingerprint density at radius 2 is 2.00 bits per heavy atom. The first-order valence-corrected chi connectivity index (χ1v) is 7.66. The molecule has 7 heteroatoms. The van der Waals surface area contributed by atoms with Crippen LogP contribution in [0.15, 0.2) is 0 Å². The highest BCUT2D eigenvalue weighted by molar-refractivity contribution is 6.64. The molecule has 1 saturated heterocycles. The van der Waals surface area contributed by atoms with Gasteiger partial charge < -0.3 is 29.3 Å². The van der Waals surface area contributed by atoms with Gasteiger partial charge in [-0.05, 0) is 13.1 Å². The van der Waals surface area contributed by atoms with Gasteiger partial charge in [0.05, 0.1) is 13.2 Å². The lowest BCUT2D eigenvalue weighted by molar-refractivity contribution is -0.142. The van der Waals surface area contributed by atoms with Crippen molar-refractivity contribution in [1.82, 2.24) is 0 Å². The van der Waals surface area contributed by atoms with E-state index in [9.17, 15) is 15.3 Å². The van der Waals surface area contributed by atoms with E-state index in [2.05, 4.69) is 0 Å². The van der Waals surface area contributed by atoms with Crippen LogP contribution in [0, 0.1) is 0 Å². The Balaban J connectivity index is 2.65. The molecule has 15 heavy (non-hydrogen) atoms. The van der Waals surface area contributed by atoms with E-state index in [1.165, 1.54) is 0 Å². The molecule has 0 radical (unpaired) electrons. The van der Waals surface area contributed by atoms with Crippen LogP contribution in [0.3, 0.4) is 0 Å². The maximum absolute atomic E-state index is 9.62. The maximum atomic E-state index is 9.62. The lowest BCUT2D eigenvalue weighted by Gasteiger charge is -2.40. The van der Waals surface area contributed by atoms with Crippen molar-refractivity contribution < 1.29 is 29.3 Å². The molecule has 1 aliphatic rings. The van der Waals surface area contributed by atoms with Gasteiger partial charge in [-0.15, -0.1) is 0 Å². The molecule has 0 aromatic carbocycles. The van der Waals surface area contributed by atoms with Gasteiger partial charge in [0.15, 0.2) is 0 Å². The van der Waals surface area contributed by atoms with Crippen molar-refractivity contribution in [2.24, 2.45) is 0 Å². The molecule has 0 spiro atoms. The maximum Gasteiger partial charge on any atom is 0.332 e. The molecule has 6 nitrogen and oxygen atoms in total. The molecule has 0 aromatic rings. The van der Waals surface area contributed by atoms with Gasteiger partial charge in [-0.1, -0.05) is 0 Å². The van der Waals surface area contributed by atoms with Crippen LogP contribution in [0.1, 0.15) is 0 Å². The van der Waals surface area contributed by atoms with Crippen LogP contribution >= 0.6 is 0 Å². The Morgan fingerprint density at radius 3 is 2.53 bits per heavy atom. The predicted molar refractivity (Wildman–Crippen MR) is 53.4 cm³/mol. The van der Waals surface area contributed by atoms with Crippen molar-refractivity contribution in [3.63, 3.8) is 0 Å². The van der Waals surface area contributed by atoms with E-state index < -0.39 is 39.6 Å². The summed E-state index contributed by atoms with van der Waals surface area (Å²) in [6, 6.07) is 0. The Bertz CT molecular complexity index is 211. The molecule has 0 aromatic heterocycles. The van der Waals surface area contributed by atoms with E-state index in [1.807, 2.05) is 0 Å². The smallest absolute Gasteiger partial charge is 0.332 e. The highest BCUT2D eigenvalue weighted by atomic mass is 28.4. The van der Waals surface area contributed by atoms with Crippen LogP contribution in [-0.4, -0.2) is 66.6 Å². The summed E-state index contributed by atoms with van der Waals surface area (Å²) < 4.78 is 10.7. The van der Waals surface area contributed by atoms with E-state index in [4.69, 9.17) is 14.0 Å². The average Bonchev–Trinajstić information content (AvgIpc) is 2.19.